The average Bonchev–Trinajstić information content (AvgIpc) is 3.59. The van der Waals surface area contributed by atoms with E-state index in [4.69, 9.17) is 15.1 Å². The second kappa shape index (κ2) is 9.57. The van der Waals surface area contributed by atoms with Gasteiger partial charge in [0.05, 0.1) is 22.0 Å². The number of para-hydroxylation sites is 1. The van der Waals surface area contributed by atoms with E-state index in [-0.39, 0.29) is 17.1 Å². The van der Waals surface area contributed by atoms with E-state index in [0.717, 1.165) is 27.9 Å². The molecule has 41 heavy (non-hydrogen) atoms. The number of carbonyl (C=O) groups is 1. The summed E-state index contributed by atoms with van der Waals surface area (Å²) < 4.78 is 6.47. The molecule has 0 bridgehead atoms. The lowest BCUT2D eigenvalue weighted by Crippen LogP contribution is -2.51. The van der Waals surface area contributed by atoms with Crippen LogP contribution in [0.15, 0.2) is 130 Å². The molecule has 7 heteroatoms. The Morgan fingerprint density at radius 1 is 0.878 bits per heavy atom. The standard InChI is InChI=1S/C34H26N4O3/c1-21-17-18-27(39)25(19-21)30(40)26-20-37(24-15-9-4-10-16-24)38-32(35)29-28(22-11-5-2-6-12-22)31(23-13-7-3-8-14-23)41-34(29)36-33(26)38/h2-20,33,39H,35H2,1H3/t33-/m1/s1. The predicted molar refractivity (Wildman–Crippen MR) is 158 cm³/mol. The van der Waals surface area contributed by atoms with Crippen molar-refractivity contribution in [3.05, 3.63) is 143 Å². The van der Waals surface area contributed by atoms with Crippen molar-refractivity contribution in [1.29, 1.82) is 0 Å². The molecule has 0 unspecified atom stereocenters. The smallest absolute Gasteiger partial charge is 0.229 e. The van der Waals surface area contributed by atoms with Gasteiger partial charge in [0.15, 0.2) is 11.9 Å². The fourth-order valence-corrected chi connectivity index (χ4v) is 5.47. The van der Waals surface area contributed by atoms with Crippen LogP contribution >= 0.6 is 0 Å². The number of phenols is 1. The van der Waals surface area contributed by atoms with Gasteiger partial charge in [-0.2, -0.15) is 0 Å². The molecule has 1 atom stereocenters. The van der Waals surface area contributed by atoms with Gasteiger partial charge in [-0.1, -0.05) is 90.5 Å². The molecule has 5 aromatic rings. The Kier molecular flexibility index (Phi) is 5.71. The number of rotatable bonds is 5. The van der Waals surface area contributed by atoms with Crippen molar-refractivity contribution < 1.29 is 14.3 Å². The molecule has 3 heterocycles. The zero-order valence-electron chi connectivity index (χ0n) is 22.2. The van der Waals surface area contributed by atoms with E-state index >= 15 is 0 Å². The maximum Gasteiger partial charge on any atom is 0.229 e. The van der Waals surface area contributed by atoms with Crippen LogP contribution in [0, 0.1) is 6.92 Å². The summed E-state index contributed by atoms with van der Waals surface area (Å²) in [7, 11) is 0. The lowest BCUT2D eigenvalue weighted by molar-refractivity contribution is 0.102. The number of nitrogens with two attached hydrogens (primary N) is 1. The highest BCUT2D eigenvalue weighted by Crippen LogP contribution is 2.37. The summed E-state index contributed by atoms with van der Waals surface area (Å²) in [5, 5.41) is 14.9. The van der Waals surface area contributed by atoms with Crippen molar-refractivity contribution in [3.8, 4) is 28.2 Å². The van der Waals surface area contributed by atoms with Crippen LogP contribution in [0.1, 0.15) is 15.9 Å². The van der Waals surface area contributed by atoms with E-state index in [1.54, 1.807) is 18.3 Å². The summed E-state index contributed by atoms with van der Waals surface area (Å²) in [6.45, 7) is 1.88. The second-order valence-electron chi connectivity index (χ2n) is 10.1. The molecule has 2 aliphatic heterocycles. The molecule has 0 amide bonds. The van der Waals surface area contributed by atoms with Crippen molar-refractivity contribution in [2.45, 2.75) is 13.1 Å². The highest BCUT2D eigenvalue weighted by atomic mass is 16.3. The Labute approximate surface area is 236 Å². The molecule has 0 spiro atoms. The first-order valence-corrected chi connectivity index (χ1v) is 13.3. The average molecular weight is 539 g/mol. The number of anilines is 1. The van der Waals surface area contributed by atoms with Gasteiger partial charge in [0.1, 0.15) is 17.3 Å². The molecule has 0 saturated carbocycles. The number of Topliss-reactive ketones (excluding diaryl/α,β-unsaturated/α-hetero) is 1. The first-order valence-electron chi connectivity index (χ1n) is 13.3. The Balaban J connectivity index is 1.49. The maximum absolute atomic E-state index is 14.0. The molecule has 0 fully saturated rings. The number of carbonyl (C=O) groups excluding carboxylic acids is 1. The van der Waals surface area contributed by atoms with Crippen LogP contribution in [0.3, 0.4) is 0 Å². The van der Waals surface area contributed by atoms with Crippen LogP contribution in [-0.4, -0.2) is 22.1 Å². The number of hydrazine groups is 1. The number of hydrogen-bond acceptors (Lipinski definition) is 7. The molecule has 0 aliphatic carbocycles. The van der Waals surface area contributed by atoms with E-state index in [1.165, 1.54) is 6.07 Å². The number of furan rings is 1. The van der Waals surface area contributed by atoms with Gasteiger partial charge in [-0.3, -0.25) is 9.80 Å². The van der Waals surface area contributed by atoms with Gasteiger partial charge in [0.25, 0.3) is 0 Å². The quantitative estimate of drug-likeness (QED) is 0.302. The maximum atomic E-state index is 14.0. The molecule has 7 rings (SSSR count). The number of phenolic OH excluding ortho intramolecular Hbond substituents is 1. The van der Waals surface area contributed by atoms with E-state index in [1.807, 2.05) is 108 Å². The SMILES string of the molecule is Cc1ccc(O)c(C(=O)C2=CN(c3ccccc3)N3C(N)=c4c(-c5ccccc5)c(-c5ccccc5)oc4=N[C@@H]23)c1. The minimum Gasteiger partial charge on any atom is -0.507 e. The van der Waals surface area contributed by atoms with E-state index in [0.29, 0.717) is 27.9 Å². The summed E-state index contributed by atoms with van der Waals surface area (Å²) in [6.07, 6.45) is 0.945. The molecule has 4 aromatic carbocycles. The van der Waals surface area contributed by atoms with Gasteiger partial charge in [-0.05, 0) is 36.8 Å². The summed E-state index contributed by atoms with van der Waals surface area (Å²) in [6, 6.07) is 34.4. The number of fused-ring (bicyclic) bond motifs is 2. The van der Waals surface area contributed by atoms with Gasteiger partial charge in [-0.15, -0.1) is 0 Å². The van der Waals surface area contributed by atoms with Crippen molar-refractivity contribution >= 4 is 17.3 Å². The lowest BCUT2D eigenvalue weighted by atomic mass is 9.98. The van der Waals surface area contributed by atoms with E-state index in [2.05, 4.69) is 0 Å². The Bertz CT molecular complexity index is 1950. The van der Waals surface area contributed by atoms with Crippen LogP contribution in [0.5, 0.6) is 5.75 Å². The number of ketones is 1. The van der Waals surface area contributed by atoms with E-state index in [9.17, 15) is 9.90 Å². The summed E-state index contributed by atoms with van der Waals surface area (Å²) in [4.78, 5) is 19.0. The number of nitrogens with zero attached hydrogens (tertiary/aromatic N) is 3. The molecule has 2 aliphatic rings. The number of aryl methyl sites for hydroxylation is 1. The second-order valence-corrected chi connectivity index (χ2v) is 10.1. The normalized spacial score (nSPS) is 15.7. The third kappa shape index (κ3) is 3.98. The highest BCUT2D eigenvalue weighted by Gasteiger charge is 2.42. The van der Waals surface area contributed by atoms with Crippen LogP contribution < -0.4 is 21.5 Å². The molecular formula is C34H26N4O3. The van der Waals surface area contributed by atoms with Crippen molar-refractivity contribution in [2.24, 2.45) is 10.7 Å². The zero-order chi connectivity index (χ0) is 28.1. The minimum absolute atomic E-state index is 0.0876. The largest absolute Gasteiger partial charge is 0.507 e. The minimum atomic E-state index is -0.798. The molecule has 7 nitrogen and oxygen atoms in total. The molecule has 0 radical (unpaired) electrons. The van der Waals surface area contributed by atoms with Gasteiger partial charge in [0, 0.05) is 17.3 Å². The molecule has 200 valence electrons. The van der Waals surface area contributed by atoms with Crippen LogP contribution in [0.2, 0.25) is 0 Å². The van der Waals surface area contributed by atoms with Gasteiger partial charge in [-0.25, -0.2) is 10.0 Å². The number of hydrogen-bond donors (Lipinski definition) is 2. The van der Waals surface area contributed by atoms with Crippen molar-refractivity contribution in [2.75, 3.05) is 5.01 Å². The molecular weight excluding hydrogens is 512 g/mol. The van der Waals surface area contributed by atoms with Gasteiger partial charge < -0.3 is 15.3 Å². The zero-order valence-corrected chi connectivity index (χ0v) is 22.2. The highest BCUT2D eigenvalue weighted by molar-refractivity contribution is 6.12. The van der Waals surface area contributed by atoms with Crippen LogP contribution in [0.25, 0.3) is 28.3 Å². The Morgan fingerprint density at radius 2 is 1.51 bits per heavy atom. The third-order valence-electron chi connectivity index (χ3n) is 7.41. The molecule has 3 N–H and O–H groups in total. The molecule has 1 aromatic heterocycles. The van der Waals surface area contributed by atoms with E-state index < -0.39 is 6.17 Å². The molecule has 0 saturated heterocycles. The Hall–Kier alpha value is -5.56. The van der Waals surface area contributed by atoms with Gasteiger partial charge >= 0.3 is 0 Å². The van der Waals surface area contributed by atoms with Gasteiger partial charge in [0.2, 0.25) is 5.55 Å². The fraction of sp³-hybridized carbons (Fsp3) is 0.0588. The third-order valence-corrected chi connectivity index (χ3v) is 7.41. The predicted octanol–water partition coefficient (Wildman–Crippen LogP) is 5.12. The first-order chi connectivity index (χ1) is 20.0. The van der Waals surface area contributed by atoms with Crippen LogP contribution in [0.4, 0.5) is 5.69 Å². The number of aromatic hydroxyl groups is 1. The van der Waals surface area contributed by atoms with Crippen molar-refractivity contribution in [1.82, 2.24) is 5.01 Å². The Morgan fingerprint density at radius 3 is 2.20 bits per heavy atom. The summed E-state index contributed by atoms with van der Waals surface area (Å²) >= 11 is 0. The summed E-state index contributed by atoms with van der Waals surface area (Å²) in [5.74, 6) is 0.628. The first kappa shape index (κ1) is 24.5. The monoisotopic (exact) mass is 538 g/mol. The fourth-order valence-electron chi connectivity index (χ4n) is 5.47. The number of benzene rings is 4. The summed E-state index contributed by atoms with van der Waals surface area (Å²) in [5.41, 5.74) is 12.3. The lowest BCUT2D eigenvalue weighted by Gasteiger charge is -2.35. The van der Waals surface area contributed by atoms with Crippen LogP contribution in [-0.2, 0) is 0 Å². The topological polar surface area (TPSA) is 95.3 Å². The van der Waals surface area contributed by atoms with Crippen molar-refractivity contribution in [3.63, 3.8) is 0 Å².